The molecule has 18 heavy (non-hydrogen) atoms. The predicted molar refractivity (Wildman–Crippen MR) is 74.1 cm³/mol. The van der Waals surface area contributed by atoms with Crippen molar-refractivity contribution in [3.8, 4) is 0 Å². The lowest BCUT2D eigenvalue weighted by Crippen LogP contribution is -2.32. The molecule has 1 heterocycles. The summed E-state index contributed by atoms with van der Waals surface area (Å²) in [6.07, 6.45) is 2.34. The number of hydrogen-bond acceptors (Lipinski definition) is 3. The Kier molecular flexibility index (Phi) is 5.08. The Bertz CT molecular complexity index is 403. The summed E-state index contributed by atoms with van der Waals surface area (Å²) in [6, 6.07) is 7.74. The fraction of sp³-hybridized carbons (Fsp3) is 0.500. The second kappa shape index (κ2) is 6.81. The molecule has 98 valence electrons. The van der Waals surface area contributed by atoms with Crippen LogP contribution in [0.1, 0.15) is 30.1 Å². The Labute approximate surface area is 112 Å². The number of nitrogens with one attached hydrogen (secondary N) is 1. The van der Waals surface area contributed by atoms with Crippen LogP contribution in [0, 0.1) is 0 Å². The zero-order valence-electron chi connectivity index (χ0n) is 10.6. The van der Waals surface area contributed by atoms with E-state index in [0.29, 0.717) is 6.54 Å². The maximum absolute atomic E-state index is 12.1. The van der Waals surface area contributed by atoms with Gasteiger partial charge in [-0.15, -0.1) is 11.8 Å². The molecule has 1 fully saturated rings. The lowest BCUT2D eigenvalue weighted by molar-refractivity contribution is 0.0855. The average molecular weight is 265 g/mol. The van der Waals surface area contributed by atoms with Crippen LogP contribution in [0.3, 0.4) is 0 Å². The van der Waals surface area contributed by atoms with Crippen LogP contribution in [0.15, 0.2) is 29.2 Å². The molecular weight excluding hydrogens is 246 g/mol. The smallest absolute Gasteiger partial charge is 0.252 e. The minimum Gasteiger partial charge on any atom is -0.376 e. The van der Waals surface area contributed by atoms with Gasteiger partial charge >= 0.3 is 0 Å². The summed E-state index contributed by atoms with van der Waals surface area (Å²) in [4.78, 5) is 13.2. The highest BCUT2D eigenvalue weighted by molar-refractivity contribution is 7.99. The SMILES string of the molecule is CCSc1ccccc1C(=O)NC[C@@H]1CCCO1. The van der Waals surface area contributed by atoms with Gasteiger partial charge in [0, 0.05) is 18.0 Å². The Morgan fingerprint density at radius 1 is 1.50 bits per heavy atom. The first-order chi connectivity index (χ1) is 8.81. The van der Waals surface area contributed by atoms with Crippen LogP contribution in [-0.2, 0) is 4.74 Å². The van der Waals surface area contributed by atoms with Crippen molar-refractivity contribution in [3.05, 3.63) is 29.8 Å². The van der Waals surface area contributed by atoms with E-state index in [2.05, 4.69) is 12.2 Å². The average Bonchev–Trinajstić information content (AvgIpc) is 2.90. The van der Waals surface area contributed by atoms with Crippen molar-refractivity contribution in [2.45, 2.75) is 30.8 Å². The van der Waals surface area contributed by atoms with Crippen LogP contribution in [0.25, 0.3) is 0 Å². The highest BCUT2D eigenvalue weighted by Gasteiger charge is 2.17. The minimum atomic E-state index is 0.00190. The molecule has 0 spiro atoms. The number of hydrogen-bond donors (Lipinski definition) is 1. The zero-order chi connectivity index (χ0) is 12.8. The highest BCUT2D eigenvalue weighted by Crippen LogP contribution is 2.22. The molecular formula is C14H19NO2S. The zero-order valence-corrected chi connectivity index (χ0v) is 11.5. The van der Waals surface area contributed by atoms with E-state index in [1.165, 1.54) is 0 Å². The Morgan fingerprint density at radius 2 is 2.33 bits per heavy atom. The van der Waals surface area contributed by atoms with E-state index in [0.717, 1.165) is 35.7 Å². The first-order valence-electron chi connectivity index (χ1n) is 6.43. The van der Waals surface area contributed by atoms with Crippen LogP contribution in [0.2, 0.25) is 0 Å². The Balaban J connectivity index is 1.94. The molecule has 1 saturated heterocycles. The van der Waals surface area contributed by atoms with E-state index in [-0.39, 0.29) is 12.0 Å². The Hall–Kier alpha value is -1.00. The molecule has 0 saturated carbocycles. The van der Waals surface area contributed by atoms with Crippen LogP contribution in [0.4, 0.5) is 0 Å². The summed E-state index contributed by atoms with van der Waals surface area (Å²) in [5.41, 5.74) is 0.766. The van der Waals surface area contributed by atoms with E-state index >= 15 is 0 Å². The summed E-state index contributed by atoms with van der Waals surface area (Å²) < 4.78 is 5.50. The molecule has 1 aromatic rings. The van der Waals surface area contributed by atoms with Gasteiger partial charge in [0.05, 0.1) is 11.7 Å². The van der Waals surface area contributed by atoms with E-state index in [1.807, 2.05) is 24.3 Å². The van der Waals surface area contributed by atoms with Crippen molar-refractivity contribution >= 4 is 17.7 Å². The van der Waals surface area contributed by atoms with Crippen molar-refractivity contribution in [2.75, 3.05) is 18.9 Å². The van der Waals surface area contributed by atoms with E-state index in [9.17, 15) is 4.79 Å². The molecule has 0 radical (unpaired) electrons. The van der Waals surface area contributed by atoms with Crippen molar-refractivity contribution in [1.29, 1.82) is 0 Å². The molecule has 2 rings (SSSR count). The molecule has 1 aromatic carbocycles. The summed E-state index contributed by atoms with van der Waals surface area (Å²) in [5.74, 6) is 0.970. The van der Waals surface area contributed by atoms with Crippen molar-refractivity contribution in [1.82, 2.24) is 5.32 Å². The second-order valence-corrected chi connectivity index (χ2v) is 5.58. The van der Waals surface area contributed by atoms with Gasteiger partial charge in [-0.2, -0.15) is 0 Å². The number of rotatable bonds is 5. The quantitative estimate of drug-likeness (QED) is 0.832. The molecule has 1 atom stereocenters. The molecule has 0 bridgehead atoms. The molecule has 0 aliphatic carbocycles. The molecule has 4 heteroatoms. The van der Waals surface area contributed by atoms with Gasteiger partial charge in [0.15, 0.2) is 0 Å². The monoisotopic (exact) mass is 265 g/mol. The van der Waals surface area contributed by atoms with Crippen molar-refractivity contribution in [2.24, 2.45) is 0 Å². The van der Waals surface area contributed by atoms with E-state index in [1.54, 1.807) is 11.8 Å². The van der Waals surface area contributed by atoms with Gasteiger partial charge in [-0.3, -0.25) is 4.79 Å². The van der Waals surface area contributed by atoms with Crippen LogP contribution < -0.4 is 5.32 Å². The normalized spacial score (nSPS) is 18.8. The number of thioether (sulfide) groups is 1. The lowest BCUT2D eigenvalue weighted by Gasteiger charge is -2.12. The Morgan fingerprint density at radius 3 is 3.06 bits per heavy atom. The highest BCUT2D eigenvalue weighted by atomic mass is 32.2. The van der Waals surface area contributed by atoms with Crippen LogP contribution >= 0.6 is 11.8 Å². The fourth-order valence-electron chi connectivity index (χ4n) is 2.04. The van der Waals surface area contributed by atoms with E-state index < -0.39 is 0 Å². The predicted octanol–water partition coefficient (Wildman–Crippen LogP) is 2.71. The number of carbonyl (C=O) groups is 1. The third-order valence-electron chi connectivity index (χ3n) is 2.95. The van der Waals surface area contributed by atoms with Gasteiger partial charge in [0.25, 0.3) is 5.91 Å². The van der Waals surface area contributed by atoms with Gasteiger partial charge < -0.3 is 10.1 Å². The molecule has 1 N–H and O–H groups in total. The van der Waals surface area contributed by atoms with E-state index in [4.69, 9.17) is 4.74 Å². The summed E-state index contributed by atoms with van der Waals surface area (Å²) in [6.45, 7) is 3.53. The molecule has 0 aromatic heterocycles. The van der Waals surface area contributed by atoms with Crippen molar-refractivity contribution in [3.63, 3.8) is 0 Å². The van der Waals surface area contributed by atoms with Gasteiger partial charge in [-0.1, -0.05) is 19.1 Å². The van der Waals surface area contributed by atoms with Crippen LogP contribution in [-0.4, -0.2) is 30.9 Å². The summed E-state index contributed by atoms with van der Waals surface area (Å²) in [7, 11) is 0. The number of benzene rings is 1. The second-order valence-electron chi connectivity index (χ2n) is 4.27. The van der Waals surface area contributed by atoms with Crippen LogP contribution in [0.5, 0.6) is 0 Å². The number of amides is 1. The summed E-state index contributed by atoms with van der Waals surface area (Å²) >= 11 is 1.70. The molecule has 3 nitrogen and oxygen atoms in total. The molecule has 0 unspecified atom stereocenters. The third kappa shape index (κ3) is 3.50. The molecule has 1 aliphatic rings. The minimum absolute atomic E-state index is 0.00190. The maximum Gasteiger partial charge on any atom is 0.252 e. The summed E-state index contributed by atoms with van der Waals surface area (Å²) in [5, 5.41) is 2.96. The van der Waals surface area contributed by atoms with Gasteiger partial charge in [-0.25, -0.2) is 0 Å². The number of ether oxygens (including phenoxy) is 1. The van der Waals surface area contributed by atoms with Gasteiger partial charge in [-0.05, 0) is 30.7 Å². The third-order valence-corrected chi connectivity index (χ3v) is 3.90. The lowest BCUT2D eigenvalue weighted by atomic mass is 10.2. The molecule has 1 amide bonds. The maximum atomic E-state index is 12.1. The van der Waals surface area contributed by atoms with Gasteiger partial charge in [0.2, 0.25) is 0 Å². The topological polar surface area (TPSA) is 38.3 Å². The largest absolute Gasteiger partial charge is 0.376 e. The fourth-order valence-corrected chi connectivity index (χ4v) is 2.84. The van der Waals surface area contributed by atoms with Crippen molar-refractivity contribution < 1.29 is 9.53 Å². The first kappa shape index (κ1) is 13.4. The molecule has 1 aliphatic heterocycles. The number of carbonyl (C=O) groups excluding carboxylic acids is 1. The standard InChI is InChI=1S/C14H19NO2S/c1-2-18-13-8-4-3-7-12(13)14(16)15-10-11-6-5-9-17-11/h3-4,7-8,11H,2,5-6,9-10H2,1H3,(H,15,16)/t11-/m0/s1. The first-order valence-corrected chi connectivity index (χ1v) is 7.41. The van der Waals surface area contributed by atoms with Gasteiger partial charge in [0.1, 0.15) is 0 Å².